The second-order valence-electron chi connectivity index (χ2n) is 6.86. The zero-order valence-electron chi connectivity index (χ0n) is 16.7. The lowest BCUT2D eigenvalue weighted by Gasteiger charge is -2.25. The number of nitrogens with one attached hydrogen (secondary N) is 1. The molecule has 0 aliphatic carbocycles. The van der Waals surface area contributed by atoms with E-state index < -0.39 is 0 Å². The van der Waals surface area contributed by atoms with E-state index in [1.807, 2.05) is 68.0 Å². The maximum atomic E-state index is 12.5. The fourth-order valence-corrected chi connectivity index (χ4v) is 4.17. The number of ether oxygens (including phenoxy) is 1. The third-order valence-electron chi connectivity index (χ3n) is 4.59. The number of thiazole rings is 1. The third-order valence-corrected chi connectivity index (χ3v) is 5.85. The number of hydrogen-bond acceptors (Lipinski definition) is 5. The van der Waals surface area contributed by atoms with Gasteiger partial charge in [0.05, 0.1) is 30.3 Å². The van der Waals surface area contributed by atoms with Gasteiger partial charge in [-0.25, -0.2) is 4.98 Å². The zero-order valence-corrected chi connectivity index (χ0v) is 18.3. The fourth-order valence-electron chi connectivity index (χ4n) is 3.03. The number of carbonyl (C=O) groups excluding carboxylic acids is 1. The molecule has 1 amide bonds. The van der Waals surface area contributed by atoms with Crippen LogP contribution in [0.25, 0.3) is 10.6 Å². The van der Waals surface area contributed by atoms with Gasteiger partial charge in [0.15, 0.2) is 0 Å². The largest absolute Gasteiger partial charge is 0.497 e. The van der Waals surface area contributed by atoms with Gasteiger partial charge in [-0.15, -0.1) is 11.3 Å². The molecule has 3 aromatic rings. The smallest absolute Gasteiger partial charge is 0.226 e. The topological polar surface area (TPSA) is 54.5 Å². The molecule has 2 aromatic carbocycles. The van der Waals surface area contributed by atoms with Crippen molar-refractivity contribution in [3.8, 4) is 16.3 Å². The number of carbonyl (C=O) groups is 1. The van der Waals surface area contributed by atoms with Crippen molar-refractivity contribution < 1.29 is 9.53 Å². The minimum Gasteiger partial charge on any atom is -0.497 e. The van der Waals surface area contributed by atoms with Crippen LogP contribution in [0.3, 0.4) is 0 Å². The number of rotatable bonds is 8. The van der Waals surface area contributed by atoms with Crippen LogP contribution in [-0.2, 0) is 11.2 Å². The Morgan fingerprint density at radius 3 is 2.76 bits per heavy atom. The first-order chi connectivity index (χ1) is 14.0. The molecule has 0 aliphatic heterocycles. The average molecular weight is 430 g/mol. The predicted octanol–water partition coefficient (Wildman–Crippen LogP) is 4.43. The number of hydrogen-bond donors (Lipinski definition) is 1. The number of amides is 1. The number of halogens is 1. The Labute approximate surface area is 180 Å². The average Bonchev–Trinajstić information content (AvgIpc) is 3.16. The second-order valence-corrected chi connectivity index (χ2v) is 8.13. The molecule has 0 radical (unpaired) electrons. The van der Waals surface area contributed by atoms with E-state index >= 15 is 0 Å². The van der Waals surface area contributed by atoms with Crippen molar-refractivity contribution in [2.75, 3.05) is 27.7 Å². The maximum absolute atomic E-state index is 12.5. The van der Waals surface area contributed by atoms with Crippen molar-refractivity contribution >= 4 is 28.8 Å². The van der Waals surface area contributed by atoms with Gasteiger partial charge >= 0.3 is 0 Å². The van der Waals surface area contributed by atoms with Crippen LogP contribution in [0.1, 0.15) is 17.3 Å². The summed E-state index contributed by atoms with van der Waals surface area (Å²) in [6.07, 6.45) is 0.235. The van der Waals surface area contributed by atoms with E-state index in [4.69, 9.17) is 16.3 Å². The highest BCUT2D eigenvalue weighted by molar-refractivity contribution is 7.13. The zero-order chi connectivity index (χ0) is 20.8. The van der Waals surface area contributed by atoms with Crippen LogP contribution in [0, 0.1) is 0 Å². The van der Waals surface area contributed by atoms with Gasteiger partial charge in [-0.1, -0.05) is 41.9 Å². The molecule has 0 saturated carbocycles. The molecule has 1 heterocycles. The minimum absolute atomic E-state index is 0.0446. The summed E-state index contributed by atoms with van der Waals surface area (Å²) in [5, 5.41) is 6.41. The highest BCUT2D eigenvalue weighted by atomic mass is 35.5. The lowest BCUT2D eigenvalue weighted by molar-refractivity contribution is -0.120. The molecule has 0 bridgehead atoms. The quantitative estimate of drug-likeness (QED) is 0.575. The lowest BCUT2D eigenvalue weighted by atomic mass is 10.1. The van der Waals surface area contributed by atoms with Gasteiger partial charge in [-0.3, -0.25) is 4.79 Å². The second kappa shape index (κ2) is 9.87. The fraction of sp³-hybridized carbons (Fsp3) is 0.273. The van der Waals surface area contributed by atoms with Crippen LogP contribution < -0.4 is 10.1 Å². The van der Waals surface area contributed by atoms with E-state index in [1.165, 1.54) is 11.3 Å². The van der Waals surface area contributed by atoms with E-state index in [1.54, 1.807) is 7.11 Å². The van der Waals surface area contributed by atoms with Gasteiger partial charge in [0.2, 0.25) is 5.91 Å². The molecular weight excluding hydrogens is 406 g/mol. The molecule has 5 nitrogen and oxygen atoms in total. The summed E-state index contributed by atoms with van der Waals surface area (Å²) in [6.45, 7) is 0.501. The molecule has 29 heavy (non-hydrogen) atoms. The first kappa shape index (κ1) is 21.3. The Kier molecular flexibility index (Phi) is 7.25. The number of likely N-dealkylation sites (N-methyl/N-ethyl adjacent to an activating group) is 1. The molecule has 7 heteroatoms. The van der Waals surface area contributed by atoms with Crippen molar-refractivity contribution in [1.29, 1.82) is 0 Å². The third kappa shape index (κ3) is 5.56. The molecule has 0 fully saturated rings. The SMILES string of the molecule is COc1cccc(C(CNC(=O)Cc2csc(-c3ccccc3Cl)n2)N(C)C)c1. The molecule has 3 rings (SSSR count). The van der Waals surface area contributed by atoms with Crippen LogP contribution in [0.15, 0.2) is 53.9 Å². The number of aromatic nitrogens is 1. The molecule has 1 unspecified atom stereocenters. The van der Waals surface area contributed by atoms with Crippen molar-refractivity contribution in [3.63, 3.8) is 0 Å². The van der Waals surface area contributed by atoms with Gasteiger partial charge in [0.1, 0.15) is 10.8 Å². The van der Waals surface area contributed by atoms with Gasteiger partial charge in [0, 0.05) is 17.5 Å². The summed E-state index contributed by atoms with van der Waals surface area (Å²) < 4.78 is 5.31. The Morgan fingerprint density at radius 1 is 1.24 bits per heavy atom. The molecule has 1 N–H and O–H groups in total. The highest BCUT2D eigenvalue weighted by Gasteiger charge is 2.17. The van der Waals surface area contributed by atoms with Crippen LogP contribution in [0.4, 0.5) is 0 Å². The van der Waals surface area contributed by atoms with Crippen LogP contribution in [0.5, 0.6) is 5.75 Å². The van der Waals surface area contributed by atoms with E-state index in [0.717, 1.165) is 27.6 Å². The van der Waals surface area contributed by atoms with E-state index in [2.05, 4.69) is 15.2 Å². The van der Waals surface area contributed by atoms with Gasteiger partial charge in [-0.05, 0) is 37.9 Å². The first-order valence-corrected chi connectivity index (χ1v) is 10.5. The van der Waals surface area contributed by atoms with Crippen LogP contribution in [0.2, 0.25) is 5.02 Å². The summed E-state index contributed by atoms with van der Waals surface area (Å²) in [7, 11) is 5.63. The standard InChI is InChI=1S/C22H24ClN3O2S/c1-26(2)20(15-7-6-8-17(11-15)28-3)13-24-21(27)12-16-14-29-22(25-16)18-9-4-5-10-19(18)23/h4-11,14,20H,12-13H2,1-3H3,(H,24,27). The monoisotopic (exact) mass is 429 g/mol. The summed E-state index contributed by atoms with van der Waals surface area (Å²) >= 11 is 7.73. The van der Waals surface area contributed by atoms with Crippen molar-refractivity contribution in [2.24, 2.45) is 0 Å². The molecule has 152 valence electrons. The van der Waals surface area contributed by atoms with Crippen LogP contribution >= 0.6 is 22.9 Å². The van der Waals surface area contributed by atoms with Crippen LogP contribution in [-0.4, -0.2) is 43.5 Å². The van der Waals surface area contributed by atoms with Gasteiger partial charge in [-0.2, -0.15) is 0 Å². The summed E-state index contributed by atoms with van der Waals surface area (Å²) in [4.78, 5) is 19.1. The van der Waals surface area contributed by atoms with Crippen molar-refractivity contribution in [2.45, 2.75) is 12.5 Å². The normalized spacial score (nSPS) is 12.0. The maximum Gasteiger partial charge on any atom is 0.226 e. The number of methoxy groups -OCH3 is 1. The number of benzene rings is 2. The Balaban J connectivity index is 1.62. The molecule has 1 aromatic heterocycles. The van der Waals surface area contributed by atoms with Crippen molar-refractivity contribution in [3.05, 3.63) is 70.2 Å². The van der Waals surface area contributed by atoms with Gasteiger partial charge in [0.25, 0.3) is 0 Å². The van der Waals surface area contributed by atoms with Crippen molar-refractivity contribution in [1.82, 2.24) is 15.2 Å². The summed E-state index contributed by atoms with van der Waals surface area (Å²) in [5.41, 5.74) is 2.71. The Bertz CT molecular complexity index is 974. The Hall–Kier alpha value is -2.41. The molecular formula is C22H24ClN3O2S. The number of nitrogens with zero attached hydrogens (tertiary/aromatic N) is 2. The molecule has 0 aliphatic rings. The van der Waals surface area contributed by atoms with E-state index in [-0.39, 0.29) is 18.4 Å². The Morgan fingerprint density at radius 2 is 2.03 bits per heavy atom. The van der Waals surface area contributed by atoms with Gasteiger partial charge < -0.3 is 15.0 Å². The lowest BCUT2D eigenvalue weighted by Crippen LogP contribution is -2.35. The molecule has 1 atom stereocenters. The minimum atomic E-state index is -0.0595. The molecule has 0 saturated heterocycles. The summed E-state index contributed by atoms with van der Waals surface area (Å²) in [6, 6.07) is 15.5. The van der Waals surface area contributed by atoms with E-state index in [0.29, 0.717) is 11.6 Å². The summed E-state index contributed by atoms with van der Waals surface area (Å²) in [5.74, 6) is 0.742. The van der Waals surface area contributed by atoms with E-state index in [9.17, 15) is 4.79 Å². The first-order valence-electron chi connectivity index (χ1n) is 9.24. The highest BCUT2D eigenvalue weighted by Crippen LogP contribution is 2.30. The molecule has 0 spiro atoms. The predicted molar refractivity (Wildman–Crippen MR) is 119 cm³/mol.